The van der Waals surface area contributed by atoms with Gasteiger partial charge in [-0.1, -0.05) is 0 Å². The number of rotatable bonds is 5. The normalized spacial score (nSPS) is 24.5. The van der Waals surface area contributed by atoms with E-state index < -0.39 is 0 Å². The summed E-state index contributed by atoms with van der Waals surface area (Å²) >= 11 is 3.44. The summed E-state index contributed by atoms with van der Waals surface area (Å²) in [6, 6.07) is 6.92. The van der Waals surface area contributed by atoms with Gasteiger partial charge in [-0.3, -0.25) is 14.9 Å². The van der Waals surface area contributed by atoms with Crippen molar-refractivity contribution in [3.63, 3.8) is 0 Å². The maximum atomic E-state index is 12.7. The number of nitrogens with one attached hydrogen (secondary N) is 2. The summed E-state index contributed by atoms with van der Waals surface area (Å²) in [7, 11) is 1.59. The molecule has 0 unspecified atom stereocenters. The van der Waals surface area contributed by atoms with E-state index in [-0.39, 0.29) is 29.9 Å². The summed E-state index contributed by atoms with van der Waals surface area (Å²) in [6.45, 7) is 1.07. The quantitative estimate of drug-likeness (QED) is 0.736. The van der Waals surface area contributed by atoms with Gasteiger partial charge in [0.2, 0.25) is 5.91 Å². The van der Waals surface area contributed by atoms with E-state index >= 15 is 0 Å². The fourth-order valence-electron chi connectivity index (χ4n) is 3.60. The van der Waals surface area contributed by atoms with Gasteiger partial charge in [0.1, 0.15) is 18.4 Å². The van der Waals surface area contributed by atoms with Crippen molar-refractivity contribution in [2.45, 2.75) is 43.8 Å². The summed E-state index contributed by atoms with van der Waals surface area (Å²) < 4.78 is 6.66. The van der Waals surface area contributed by atoms with E-state index in [4.69, 9.17) is 4.74 Å². The molecule has 2 N–H and O–H groups in total. The van der Waals surface area contributed by atoms with Gasteiger partial charge in [0, 0.05) is 25.2 Å². The topological polar surface area (TPSA) is 94.5 Å². The van der Waals surface area contributed by atoms with E-state index in [0.717, 1.165) is 30.2 Å². The van der Waals surface area contributed by atoms with Gasteiger partial charge in [-0.15, -0.1) is 0 Å². The van der Waals surface area contributed by atoms with Crippen LogP contribution < -0.4 is 15.4 Å². The number of hydrogen-bond donors (Lipinski definition) is 2. The molecule has 0 saturated carbocycles. The molecule has 2 aliphatic heterocycles. The third-order valence-corrected chi connectivity index (χ3v) is 5.74. The van der Waals surface area contributed by atoms with E-state index in [1.807, 2.05) is 0 Å². The van der Waals surface area contributed by atoms with Crippen LogP contribution in [0.1, 0.15) is 36.0 Å². The monoisotopic (exact) mass is 434 g/mol. The summed E-state index contributed by atoms with van der Waals surface area (Å²) in [4.78, 5) is 26.1. The molecule has 0 aliphatic carbocycles. The summed E-state index contributed by atoms with van der Waals surface area (Å²) in [5.41, 5.74) is 0.528. The molecule has 2 amide bonds. The molecule has 1 aromatic rings. The van der Waals surface area contributed by atoms with Gasteiger partial charge in [-0.05, 0) is 59.8 Å². The summed E-state index contributed by atoms with van der Waals surface area (Å²) in [5, 5.41) is 15.1. The minimum atomic E-state index is -0.294. The first-order valence-corrected chi connectivity index (χ1v) is 9.93. The largest absolute Gasteiger partial charge is 0.491 e. The van der Waals surface area contributed by atoms with Gasteiger partial charge < -0.3 is 15.0 Å². The average molecular weight is 435 g/mol. The Morgan fingerprint density at radius 3 is 2.96 bits per heavy atom. The molecule has 2 heterocycles. The zero-order chi connectivity index (χ0) is 19.4. The molecule has 0 radical (unpaired) electrons. The molecular weight excluding hydrogens is 412 g/mol. The molecule has 2 saturated heterocycles. The number of halogens is 1. The second kappa shape index (κ2) is 8.72. The second-order valence-corrected chi connectivity index (χ2v) is 7.70. The molecule has 2 aliphatic rings. The number of amides is 2. The number of benzene rings is 1. The first kappa shape index (κ1) is 19.6. The first-order valence-electron chi connectivity index (χ1n) is 9.14. The zero-order valence-corrected chi connectivity index (χ0v) is 16.8. The van der Waals surface area contributed by atoms with Crippen LogP contribution in [0.3, 0.4) is 0 Å². The lowest BCUT2D eigenvalue weighted by Gasteiger charge is -2.24. The molecular formula is C19H23BrN4O3. The molecule has 8 heteroatoms. The Hall–Kier alpha value is -2.11. The van der Waals surface area contributed by atoms with Crippen LogP contribution in [0.2, 0.25) is 0 Å². The number of hydrogen-bond acceptors (Lipinski definition) is 5. The molecule has 7 nitrogen and oxygen atoms in total. The van der Waals surface area contributed by atoms with Crippen molar-refractivity contribution in [3.8, 4) is 11.8 Å². The molecule has 0 spiro atoms. The third-order valence-electron chi connectivity index (χ3n) is 5.08. The van der Waals surface area contributed by atoms with Gasteiger partial charge in [-0.25, -0.2) is 0 Å². The van der Waals surface area contributed by atoms with Gasteiger partial charge >= 0.3 is 0 Å². The lowest BCUT2D eigenvalue weighted by molar-refractivity contribution is -0.133. The Kier molecular flexibility index (Phi) is 6.34. The molecule has 27 heavy (non-hydrogen) atoms. The van der Waals surface area contributed by atoms with E-state index in [1.54, 1.807) is 30.1 Å². The highest BCUT2D eigenvalue weighted by molar-refractivity contribution is 9.10. The number of likely N-dealkylation sites (tertiary alicyclic amines) is 1. The molecule has 1 aromatic carbocycles. The molecule has 2 fully saturated rings. The average Bonchev–Trinajstić information content (AvgIpc) is 3.35. The van der Waals surface area contributed by atoms with Crippen LogP contribution in [0.4, 0.5) is 0 Å². The highest BCUT2D eigenvalue weighted by Gasteiger charge is 2.37. The Morgan fingerprint density at radius 2 is 2.22 bits per heavy atom. The predicted molar refractivity (Wildman–Crippen MR) is 103 cm³/mol. The minimum Gasteiger partial charge on any atom is -0.491 e. The van der Waals surface area contributed by atoms with Gasteiger partial charge in [-0.2, -0.15) is 5.26 Å². The van der Waals surface area contributed by atoms with Gasteiger partial charge in [0.25, 0.3) is 5.91 Å². The van der Waals surface area contributed by atoms with Crippen molar-refractivity contribution in [2.75, 3.05) is 20.2 Å². The van der Waals surface area contributed by atoms with E-state index in [0.29, 0.717) is 24.5 Å². The Morgan fingerprint density at radius 1 is 1.41 bits per heavy atom. The second-order valence-electron chi connectivity index (χ2n) is 6.85. The summed E-state index contributed by atoms with van der Waals surface area (Å²) in [6.07, 6.45) is 3.21. The highest BCUT2D eigenvalue weighted by Crippen LogP contribution is 2.27. The number of ether oxygens (including phenoxy) is 1. The fraction of sp³-hybridized carbons (Fsp3) is 0.526. The Bertz CT molecular complexity index is 764. The first-order chi connectivity index (χ1) is 13.0. The minimum absolute atomic E-state index is 0.0179. The van der Waals surface area contributed by atoms with Crippen molar-refractivity contribution >= 4 is 27.7 Å². The maximum absolute atomic E-state index is 12.7. The lowest BCUT2D eigenvalue weighted by atomic mass is 10.1. The summed E-state index contributed by atoms with van der Waals surface area (Å²) in [5.74, 6) is 0.441. The number of carbonyl (C=O) groups is 2. The van der Waals surface area contributed by atoms with Crippen LogP contribution in [0.25, 0.3) is 0 Å². The SMILES string of the molecule is CNC(=O)c1ccc(Br)c(OC[C@H]2CC[C@@H](C(=O)N3CCC[C@H]3C#N)N2)c1. The number of nitriles is 1. The van der Waals surface area contributed by atoms with E-state index in [1.165, 1.54) is 0 Å². The van der Waals surface area contributed by atoms with Crippen LogP contribution in [-0.4, -0.2) is 55.0 Å². The predicted octanol–water partition coefficient (Wildman–Crippen LogP) is 1.82. The molecule has 144 valence electrons. The van der Waals surface area contributed by atoms with Crippen LogP contribution in [-0.2, 0) is 4.79 Å². The zero-order valence-electron chi connectivity index (χ0n) is 15.2. The van der Waals surface area contributed by atoms with Crippen molar-refractivity contribution in [1.82, 2.24) is 15.5 Å². The van der Waals surface area contributed by atoms with Crippen molar-refractivity contribution < 1.29 is 14.3 Å². The van der Waals surface area contributed by atoms with Crippen molar-refractivity contribution in [2.24, 2.45) is 0 Å². The maximum Gasteiger partial charge on any atom is 0.251 e. The third kappa shape index (κ3) is 4.42. The molecule has 0 aromatic heterocycles. The van der Waals surface area contributed by atoms with E-state index in [9.17, 15) is 14.9 Å². The van der Waals surface area contributed by atoms with E-state index in [2.05, 4.69) is 32.6 Å². The number of nitrogens with zero attached hydrogens (tertiary/aromatic N) is 2. The lowest BCUT2D eigenvalue weighted by Crippen LogP contribution is -2.47. The van der Waals surface area contributed by atoms with Crippen molar-refractivity contribution in [3.05, 3.63) is 28.2 Å². The Balaban J connectivity index is 1.56. The molecule has 3 rings (SSSR count). The molecule has 3 atom stereocenters. The van der Waals surface area contributed by atoms with Gasteiger partial charge in [0.05, 0.1) is 16.6 Å². The van der Waals surface area contributed by atoms with Crippen LogP contribution in [0.5, 0.6) is 5.75 Å². The molecule has 0 bridgehead atoms. The highest BCUT2D eigenvalue weighted by atomic mass is 79.9. The number of carbonyl (C=O) groups excluding carboxylic acids is 2. The standard InChI is InChI=1S/C19H23BrN4O3/c1-22-18(25)12-4-6-15(20)17(9-12)27-11-13-5-7-16(23-13)19(26)24-8-2-3-14(24)10-21/h4,6,9,13-14,16,23H,2-3,5,7-8,11H2,1H3,(H,22,25)/t13-,14+,16+/m1/s1. The van der Waals surface area contributed by atoms with Crippen LogP contribution in [0, 0.1) is 11.3 Å². The van der Waals surface area contributed by atoms with Crippen molar-refractivity contribution in [1.29, 1.82) is 5.26 Å². The van der Waals surface area contributed by atoms with Crippen LogP contribution >= 0.6 is 15.9 Å². The van der Waals surface area contributed by atoms with Crippen LogP contribution in [0.15, 0.2) is 22.7 Å². The fourth-order valence-corrected chi connectivity index (χ4v) is 3.96. The van der Waals surface area contributed by atoms with Gasteiger partial charge in [0.15, 0.2) is 0 Å². The smallest absolute Gasteiger partial charge is 0.251 e. The Labute approximate surface area is 167 Å².